The number of benzene rings is 2. The van der Waals surface area contributed by atoms with Crippen molar-refractivity contribution < 1.29 is 19.1 Å². The number of rotatable bonds is 8. The maximum atomic E-state index is 12.6. The number of aryl methyl sites for hydroxylation is 1. The van der Waals surface area contributed by atoms with Gasteiger partial charge in [0.2, 0.25) is 5.91 Å². The molecule has 1 aromatic heterocycles. The molecule has 0 aliphatic carbocycles. The van der Waals surface area contributed by atoms with Gasteiger partial charge < -0.3 is 14.8 Å². The maximum absolute atomic E-state index is 12.6. The van der Waals surface area contributed by atoms with Crippen molar-refractivity contribution in [1.29, 1.82) is 0 Å². The molecule has 0 aliphatic rings. The second-order valence-electron chi connectivity index (χ2n) is 8.87. The summed E-state index contributed by atoms with van der Waals surface area (Å²) in [5, 5.41) is 3.42. The highest BCUT2D eigenvalue weighted by atomic mass is 32.1. The van der Waals surface area contributed by atoms with E-state index in [1.165, 1.54) is 24.0 Å². The maximum Gasteiger partial charge on any atom is 0.341 e. The molecule has 3 aromatic rings. The Labute approximate surface area is 199 Å². The van der Waals surface area contributed by atoms with Crippen molar-refractivity contribution in [3.05, 3.63) is 70.6 Å². The zero-order valence-electron chi connectivity index (χ0n) is 19.9. The zero-order valence-corrected chi connectivity index (χ0v) is 20.7. The number of esters is 1. The molecule has 0 spiro atoms. The van der Waals surface area contributed by atoms with Gasteiger partial charge in [-0.3, -0.25) is 4.79 Å². The van der Waals surface area contributed by atoms with Gasteiger partial charge in [-0.2, -0.15) is 0 Å². The van der Waals surface area contributed by atoms with Crippen molar-refractivity contribution in [3.63, 3.8) is 0 Å². The first-order valence-corrected chi connectivity index (χ1v) is 11.8. The first-order valence-electron chi connectivity index (χ1n) is 11.0. The molecular formula is C27H31NO4S. The number of nitrogens with one attached hydrogen (secondary N) is 1. The number of carbonyl (C=O) groups excluding carboxylic acids is 2. The van der Waals surface area contributed by atoms with E-state index >= 15 is 0 Å². The average Bonchev–Trinajstić information content (AvgIpc) is 3.11. The van der Waals surface area contributed by atoms with Crippen LogP contribution >= 0.6 is 11.3 Å². The predicted octanol–water partition coefficient (Wildman–Crippen LogP) is 6.61. The van der Waals surface area contributed by atoms with E-state index in [0.717, 1.165) is 21.8 Å². The highest BCUT2D eigenvalue weighted by Gasteiger charge is 2.25. The third-order valence-electron chi connectivity index (χ3n) is 5.33. The lowest BCUT2D eigenvalue weighted by Gasteiger charge is -2.19. The number of ether oxygens (including phenoxy) is 2. The standard InChI is InChI=1S/C27H31NO4S/c1-18-23(19-10-7-6-8-11-19)24(26(30)31-5)25(33-18)28-22(29)12-9-17-32-21-15-13-20(14-16-21)27(2,3)4/h6-8,10-11,13-16H,9,12,17H2,1-5H3,(H,28,29). The van der Waals surface area contributed by atoms with Gasteiger partial charge in [0, 0.05) is 16.9 Å². The van der Waals surface area contributed by atoms with Crippen LogP contribution in [0.5, 0.6) is 5.75 Å². The van der Waals surface area contributed by atoms with Gasteiger partial charge >= 0.3 is 5.97 Å². The Morgan fingerprint density at radius 2 is 1.67 bits per heavy atom. The third-order valence-corrected chi connectivity index (χ3v) is 6.35. The van der Waals surface area contributed by atoms with Crippen LogP contribution in [0.15, 0.2) is 54.6 Å². The molecule has 0 radical (unpaired) electrons. The fraction of sp³-hybridized carbons (Fsp3) is 0.333. The molecule has 3 rings (SSSR count). The number of hydrogen-bond donors (Lipinski definition) is 1. The molecule has 0 atom stereocenters. The van der Waals surface area contributed by atoms with Crippen LogP contribution in [0, 0.1) is 6.92 Å². The van der Waals surface area contributed by atoms with Crippen LogP contribution in [-0.2, 0) is 14.9 Å². The summed E-state index contributed by atoms with van der Waals surface area (Å²) in [6, 6.07) is 17.7. The van der Waals surface area contributed by atoms with Crippen molar-refractivity contribution in [1.82, 2.24) is 0 Å². The molecule has 33 heavy (non-hydrogen) atoms. The van der Waals surface area contributed by atoms with Gasteiger partial charge in [0.25, 0.3) is 0 Å². The summed E-state index contributed by atoms with van der Waals surface area (Å²) in [5.74, 6) is 0.168. The van der Waals surface area contributed by atoms with Crippen LogP contribution in [0.3, 0.4) is 0 Å². The Balaban J connectivity index is 1.61. The number of amides is 1. The molecule has 6 heteroatoms. The van der Waals surface area contributed by atoms with Crippen LogP contribution in [-0.4, -0.2) is 25.6 Å². The van der Waals surface area contributed by atoms with E-state index in [0.29, 0.717) is 23.6 Å². The monoisotopic (exact) mass is 465 g/mol. The molecule has 1 amide bonds. The van der Waals surface area contributed by atoms with Crippen molar-refractivity contribution in [3.8, 4) is 16.9 Å². The van der Waals surface area contributed by atoms with Crippen molar-refractivity contribution in [2.24, 2.45) is 0 Å². The first-order chi connectivity index (χ1) is 15.7. The second kappa shape index (κ2) is 10.7. The summed E-state index contributed by atoms with van der Waals surface area (Å²) in [6.45, 7) is 8.89. The Kier molecular flexibility index (Phi) is 7.92. The van der Waals surface area contributed by atoms with E-state index in [-0.39, 0.29) is 17.7 Å². The highest BCUT2D eigenvalue weighted by molar-refractivity contribution is 7.17. The molecule has 0 unspecified atom stereocenters. The van der Waals surface area contributed by atoms with Gasteiger partial charge in [0.05, 0.1) is 13.7 Å². The van der Waals surface area contributed by atoms with E-state index in [1.807, 2.05) is 49.4 Å². The fourth-order valence-electron chi connectivity index (χ4n) is 3.55. The van der Waals surface area contributed by atoms with Gasteiger partial charge in [-0.25, -0.2) is 4.79 Å². The van der Waals surface area contributed by atoms with Gasteiger partial charge in [-0.15, -0.1) is 11.3 Å². The van der Waals surface area contributed by atoms with Gasteiger partial charge in [0.1, 0.15) is 16.3 Å². The minimum absolute atomic E-state index is 0.0974. The zero-order chi connectivity index (χ0) is 24.0. The Morgan fingerprint density at radius 1 is 1.00 bits per heavy atom. The topological polar surface area (TPSA) is 64.6 Å². The van der Waals surface area contributed by atoms with Crippen LogP contribution < -0.4 is 10.1 Å². The molecule has 0 aliphatic heterocycles. The fourth-order valence-corrected chi connectivity index (χ4v) is 4.63. The van der Waals surface area contributed by atoms with E-state index in [2.05, 4.69) is 38.2 Å². The largest absolute Gasteiger partial charge is 0.494 e. The molecule has 0 bridgehead atoms. The quantitative estimate of drug-likeness (QED) is 0.300. The van der Waals surface area contributed by atoms with Gasteiger partial charge in [-0.1, -0.05) is 63.2 Å². The third kappa shape index (κ3) is 6.23. The SMILES string of the molecule is COC(=O)c1c(NC(=O)CCCOc2ccc(C(C)(C)C)cc2)sc(C)c1-c1ccccc1. The van der Waals surface area contributed by atoms with Crippen molar-refractivity contribution in [2.75, 3.05) is 19.0 Å². The van der Waals surface area contributed by atoms with E-state index in [4.69, 9.17) is 9.47 Å². The minimum atomic E-state index is -0.462. The van der Waals surface area contributed by atoms with Crippen LogP contribution in [0.2, 0.25) is 0 Å². The first kappa shape index (κ1) is 24.5. The van der Waals surface area contributed by atoms with Crippen LogP contribution in [0.25, 0.3) is 11.1 Å². The van der Waals surface area contributed by atoms with Gasteiger partial charge in [-0.05, 0) is 42.0 Å². The molecule has 2 aromatic carbocycles. The van der Waals surface area contributed by atoms with E-state index in [1.54, 1.807) is 0 Å². The summed E-state index contributed by atoms with van der Waals surface area (Å²) < 4.78 is 10.8. The summed E-state index contributed by atoms with van der Waals surface area (Å²) in [5.41, 5.74) is 3.45. The number of anilines is 1. The van der Waals surface area contributed by atoms with Crippen LogP contribution in [0.1, 0.15) is 54.4 Å². The molecule has 0 saturated heterocycles. The predicted molar refractivity (Wildman–Crippen MR) is 134 cm³/mol. The lowest BCUT2D eigenvalue weighted by molar-refractivity contribution is -0.116. The number of carbonyl (C=O) groups is 2. The normalized spacial score (nSPS) is 11.2. The Morgan fingerprint density at radius 3 is 2.27 bits per heavy atom. The van der Waals surface area contributed by atoms with Crippen molar-refractivity contribution in [2.45, 2.75) is 46.0 Å². The lowest BCUT2D eigenvalue weighted by atomic mass is 9.87. The highest BCUT2D eigenvalue weighted by Crippen LogP contribution is 2.40. The summed E-state index contributed by atoms with van der Waals surface area (Å²) in [6.07, 6.45) is 0.856. The van der Waals surface area contributed by atoms with Crippen molar-refractivity contribution >= 4 is 28.2 Å². The summed E-state index contributed by atoms with van der Waals surface area (Å²) in [4.78, 5) is 26.1. The van der Waals surface area contributed by atoms with Crippen LogP contribution in [0.4, 0.5) is 5.00 Å². The molecule has 0 saturated carbocycles. The molecule has 5 nitrogen and oxygen atoms in total. The second-order valence-corrected chi connectivity index (χ2v) is 10.1. The minimum Gasteiger partial charge on any atom is -0.494 e. The summed E-state index contributed by atoms with van der Waals surface area (Å²) >= 11 is 1.38. The Hall–Kier alpha value is -3.12. The van der Waals surface area contributed by atoms with Gasteiger partial charge in [0.15, 0.2) is 0 Å². The molecule has 1 heterocycles. The Bertz CT molecular complexity index is 1100. The summed E-state index contributed by atoms with van der Waals surface area (Å²) in [7, 11) is 1.35. The lowest BCUT2D eigenvalue weighted by Crippen LogP contribution is -2.15. The average molecular weight is 466 g/mol. The molecule has 174 valence electrons. The molecular weight excluding hydrogens is 434 g/mol. The molecule has 0 fully saturated rings. The number of thiophene rings is 1. The number of hydrogen-bond acceptors (Lipinski definition) is 5. The van der Waals surface area contributed by atoms with E-state index in [9.17, 15) is 9.59 Å². The molecule has 1 N–H and O–H groups in total. The van der Waals surface area contributed by atoms with E-state index < -0.39 is 5.97 Å². The smallest absolute Gasteiger partial charge is 0.341 e. The number of methoxy groups -OCH3 is 1.